The Kier molecular flexibility index (Phi) is 2.05. The zero-order valence-corrected chi connectivity index (χ0v) is 5.63. The standard InChI is InChI=1S/C6H12N2O/c1-8-3-2-6(4-8)7-5-9/h5-6H,2-4H2,1H3,(H,7,9)/t6-/m0/s1. The second kappa shape index (κ2) is 2.82. The molecular weight excluding hydrogens is 116 g/mol. The Morgan fingerprint density at radius 2 is 2.56 bits per heavy atom. The van der Waals surface area contributed by atoms with Gasteiger partial charge in [-0.1, -0.05) is 0 Å². The Hall–Kier alpha value is -0.570. The normalized spacial score (nSPS) is 28.3. The Morgan fingerprint density at radius 3 is 3.00 bits per heavy atom. The van der Waals surface area contributed by atoms with E-state index in [-0.39, 0.29) is 0 Å². The molecule has 0 aromatic heterocycles. The number of rotatable bonds is 2. The van der Waals surface area contributed by atoms with Gasteiger partial charge in [0, 0.05) is 12.6 Å². The molecule has 3 heteroatoms. The molecule has 3 nitrogen and oxygen atoms in total. The van der Waals surface area contributed by atoms with Crippen molar-refractivity contribution in [1.82, 2.24) is 10.2 Å². The zero-order chi connectivity index (χ0) is 6.69. The fourth-order valence-electron chi connectivity index (χ4n) is 1.17. The van der Waals surface area contributed by atoms with E-state index >= 15 is 0 Å². The van der Waals surface area contributed by atoms with Crippen molar-refractivity contribution in [2.75, 3.05) is 20.1 Å². The highest BCUT2D eigenvalue weighted by Gasteiger charge is 2.17. The van der Waals surface area contributed by atoms with E-state index in [1.54, 1.807) is 0 Å². The van der Waals surface area contributed by atoms with Crippen molar-refractivity contribution in [3.8, 4) is 0 Å². The van der Waals surface area contributed by atoms with Gasteiger partial charge in [-0.3, -0.25) is 4.79 Å². The lowest BCUT2D eigenvalue weighted by Crippen LogP contribution is -2.29. The Labute approximate surface area is 55.0 Å². The number of amides is 1. The molecule has 1 aliphatic heterocycles. The van der Waals surface area contributed by atoms with Gasteiger partial charge in [0.25, 0.3) is 0 Å². The maximum atomic E-state index is 9.94. The van der Waals surface area contributed by atoms with E-state index < -0.39 is 0 Å². The van der Waals surface area contributed by atoms with Gasteiger partial charge >= 0.3 is 0 Å². The first kappa shape index (κ1) is 6.55. The van der Waals surface area contributed by atoms with Gasteiger partial charge in [-0.2, -0.15) is 0 Å². The fourth-order valence-corrected chi connectivity index (χ4v) is 1.17. The van der Waals surface area contributed by atoms with Crippen LogP contribution in [-0.2, 0) is 4.79 Å². The molecule has 0 aliphatic carbocycles. The van der Waals surface area contributed by atoms with Crippen LogP contribution in [0.25, 0.3) is 0 Å². The van der Waals surface area contributed by atoms with E-state index in [4.69, 9.17) is 0 Å². The summed E-state index contributed by atoms with van der Waals surface area (Å²) < 4.78 is 0. The van der Waals surface area contributed by atoms with Gasteiger partial charge in [-0.15, -0.1) is 0 Å². The van der Waals surface area contributed by atoms with Crippen LogP contribution < -0.4 is 5.32 Å². The van der Waals surface area contributed by atoms with Crippen molar-refractivity contribution in [1.29, 1.82) is 0 Å². The minimum absolute atomic E-state index is 0.396. The molecule has 0 unspecified atom stereocenters. The lowest BCUT2D eigenvalue weighted by molar-refractivity contribution is -0.110. The van der Waals surface area contributed by atoms with Gasteiger partial charge in [0.05, 0.1) is 0 Å². The topological polar surface area (TPSA) is 32.3 Å². The lowest BCUT2D eigenvalue weighted by Gasteiger charge is -2.07. The van der Waals surface area contributed by atoms with Crippen molar-refractivity contribution in [3.05, 3.63) is 0 Å². The van der Waals surface area contributed by atoms with Crippen LogP contribution in [0.1, 0.15) is 6.42 Å². The minimum Gasteiger partial charge on any atom is -0.355 e. The lowest BCUT2D eigenvalue weighted by atomic mass is 10.3. The molecule has 0 aromatic rings. The monoisotopic (exact) mass is 128 g/mol. The first-order valence-corrected chi connectivity index (χ1v) is 3.21. The predicted molar refractivity (Wildman–Crippen MR) is 35.1 cm³/mol. The SMILES string of the molecule is CN1CC[C@H](NC=O)C1. The summed E-state index contributed by atoms with van der Waals surface area (Å²) in [5.74, 6) is 0. The number of nitrogens with zero attached hydrogens (tertiary/aromatic N) is 1. The molecule has 0 aromatic carbocycles. The Balaban J connectivity index is 2.21. The molecule has 1 saturated heterocycles. The first-order valence-electron chi connectivity index (χ1n) is 3.21. The summed E-state index contributed by atoms with van der Waals surface area (Å²) in [6.07, 6.45) is 1.87. The number of carbonyl (C=O) groups is 1. The quantitative estimate of drug-likeness (QED) is 0.505. The van der Waals surface area contributed by atoms with Gasteiger partial charge in [0.15, 0.2) is 0 Å². The van der Waals surface area contributed by atoms with Crippen LogP contribution in [0.5, 0.6) is 0 Å². The minimum atomic E-state index is 0.396. The Bertz CT molecular complexity index is 105. The molecule has 1 aliphatic rings. The van der Waals surface area contributed by atoms with Gasteiger partial charge in [0.1, 0.15) is 0 Å². The predicted octanol–water partition coefficient (Wildman–Crippen LogP) is -0.563. The summed E-state index contributed by atoms with van der Waals surface area (Å²) in [4.78, 5) is 12.1. The second-order valence-electron chi connectivity index (χ2n) is 2.53. The van der Waals surface area contributed by atoms with E-state index in [9.17, 15) is 4.79 Å². The third-order valence-corrected chi connectivity index (χ3v) is 1.70. The fraction of sp³-hybridized carbons (Fsp3) is 0.833. The van der Waals surface area contributed by atoms with Crippen LogP contribution in [0.15, 0.2) is 0 Å². The summed E-state index contributed by atoms with van der Waals surface area (Å²) in [5.41, 5.74) is 0. The van der Waals surface area contributed by atoms with Gasteiger partial charge in [0.2, 0.25) is 6.41 Å². The van der Waals surface area contributed by atoms with Crippen LogP contribution in [0.2, 0.25) is 0 Å². The molecule has 0 saturated carbocycles. The molecule has 1 N–H and O–H groups in total. The third-order valence-electron chi connectivity index (χ3n) is 1.70. The molecular formula is C6H12N2O. The first-order chi connectivity index (χ1) is 4.33. The molecule has 1 rings (SSSR count). The largest absolute Gasteiger partial charge is 0.355 e. The summed E-state index contributed by atoms with van der Waals surface area (Å²) in [7, 11) is 2.06. The Morgan fingerprint density at radius 1 is 1.78 bits per heavy atom. The number of nitrogens with one attached hydrogen (secondary N) is 1. The molecule has 1 atom stereocenters. The maximum absolute atomic E-state index is 9.94. The van der Waals surface area contributed by atoms with Crippen molar-refractivity contribution < 1.29 is 4.79 Å². The average Bonchev–Trinajstić information content (AvgIpc) is 2.17. The number of hydrogen-bond donors (Lipinski definition) is 1. The van der Waals surface area contributed by atoms with E-state index in [1.807, 2.05) is 0 Å². The van der Waals surface area contributed by atoms with Crippen molar-refractivity contribution in [2.45, 2.75) is 12.5 Å². The third kappa shape index (κ3) is 1.68. The zero-order valence-electron chi connectivity index (χ0n) is 5.63. The highest BCUT2D eigenvalue weighted by Crippen LogP contribution is 2.04. The molecule has 1 heterocycles. The van der Waals surface area contributed by atoms with E-state index in [2.05, 4.69) is 17.3 Å². The molecule has 1 amide bonds. The van der Waals surface area contributed by atoms with Gasteiger partial charge in [-0.05, 0) is 20.0 Å². The van der Waals surface area contributed by atoms with Crippen LogP contribution in [-0.4, -0.2) is 37.5 Å². The summed E-state index contributed by atoms with van der Waals surface area (Å²) >= 11 is 0. The smallest absolute Gasteiger partial charge is 0.207 e. The summed E-state index contributed by atoms with van der Waals surface area (Å²) in [6.45, 7) is 2.10. The van der Waals surface area contributed by atoms with Crippen molar-refractivity contribution >= 4 is 6.41 Å². The number of carbonyl (C=O) groups excluding carboxylic acids is 1. The number of likely N-dealkylation sites (N-methyl/N-ethyl adjacent to an activating group) is 1. The molecule has 0 spiro atoms. The van der Waals surface area contributed by atoms with Crippen LogP contribution in [0.4, 0.5) is 0 Å². The van der Waals surface area contributed by atoms with Gasteiger partial charge < -0.3 is 10.2 Å². The summed E-state index contributed by atoms with van der Waals surface area (Å²) in [6, 6.07) is 0.396. The molecule has 0 radical (unpaired) electrons. The molecule has 1 fully saturated rings. The van der Waals surface area contributed by atoms with Gasteiger partial charge in [-0.25, -0.2) is 0 Å². The number of likely N-dealkylation sites (tertiary alicyclic amines) is 1. The maximum Gasteiger partial charge on any atom is 0.207 e. The molecule has 52 valence electrons. The van der Waals surface area contributed by atoms with Crippen LogP contribution >= 0.6 is 0 Å². The molecule has 9 heavy (non-hydrogen) atoms. The van der Waals surface area contributed by atoms with E-state index in [0.29, 0.717) is 6.04 Å². The van der Waals surface area contributed by atoms with Crippen LogP contribution in [0.3, 0.4) is 0 Å². The second-order valence-corrected chi connectivity index (χ2v) is 2.53. The van der Waals surface area contributed by atoms with Crippen molar-refractivity contribution in [2.24, 2.45) is 0 Å². The average molecular weight is 128 g/mol. The number of hydrogen-bond acceptors (Lipinski definition) is 2. The van der Waals surface area contributed by atoms with E-state index in [0.717, 1.165) is 25.9 Å². The van der Waals surface area contributed by atoms with E-state index in [1.165, 1.54) is 0 Å². The highest BCUT2D eigenvalue weighted by atomic mass is 16.1. The summed E-state index contributed by atoms with van der Waals surface area (Å²) in [5, 5.41) is 2.75. The highest BCUT2D eigenvalue weighted by molar-refractivity contribution is 5.46. The molecule has 0 bridgehead atoms. The van der Waals surface area contributed by atoms with Crippen LogP contribution in [0, 0.1) is 0 Å². The van der Waals surface area contributed by atoms with Crippen molar-refractivity contribution in [3.63, 3.8) is 0 Å².